The molecule has 1 unspecified atom stereocenters. The Morgan fingerprint density at radius 2 is 2.00 bits per heavy atom. The normalized spacial score (nSPS) is 11.8. The van der Waals surface area contributed by atoms with E-state index in [0.717, 1.165) is 4.90 Å². The number of pyridine rings is 1. The molecule has 0 fully saturated rings. The Bertz CT molecular complexity index is 417. The van der Waals surface area contributed by atoms with Gasteiger partial charge in [0.25, 0.3) is 0 Å². The molecule has 6 nitrogen and oxygen atoms in total. The van der Waals surface area contributed by atoms with Crippen LogP contribution in [-0.4, -0.2) is 28.2 Å². The average molecular weight is 238 g/mol. The number of nitrogens with zero attached hydrogens (tertiary/aromatic N) is 2. The van der Waals surface area contributed by atoms with Gasteiger partial charge < -0.3 is 9.84 Å². The zero-order valence-corrected chi connectivity index (χ0v) is 9.88. The maximum Gasteiger partial charge on any atom is 0.231 e. The maximum atomic E-state index is 11.3. The van der Waals surface area contributed by atoms with Crippen LogP contribution in [0.2, 0.25) is 0 Å². The lowest BCUT2D eigenvalue weighted by Crippen LogP contribution is -2.33. The minimum absolute atomic E-state index is 0.170. The van der Waals surface area contributed by atoms with E-state index in [4.69, 9.17) is 9.84 Å². The number of imide groups is 1. The van der Waals surface area contributed by atoms with Crippen molar-refractivity contribution in [1.29, 1.82) is 0 Å². The zero-order valence-electron chi connectivity index (χ0n) is 9.88. The van der Waals surface area contributed by atoms with Crippen molar-refractivity contribution in [3.63, 3.8) is 0 Å². The number of aromatic nitrogens is 1. The van der Waals surface area contributed by atoms with Gasteiger partial charge in [0.1, 0.15) is 11.6 Å². The molecule has 17 heavy (non-hydrogen) atoms. The molecule has 0 aliphatic rings. The zero-order chi connectivity index (χ0) is 13.0. The van der Waals surface area contributed by atoms with Gasteiger partial charge >= 0.3 is 0 Å². The fraction of sp³-hybridized carbons (Fsp3) is 0.364. The van der Waals surface area contributed by atoms with Crippen LogP contribution in [0.3, 0.4) is 0 Å². The molecule has 92 valence electrons. The number of hydrogen-bond donors (Lipinski definition) is 1. The number of anilines is 1. The van der Waals surface area contributed by atoms with Crippen LogP contribution in [0.1, 0.15) is 20.8 Å². The molecule has 2 amide bonds. The van der Waals surface area contributed by atoms with Gasteiger partial charge in [-0.3, -0.25) is 9.59 Å². The quantitative estimate of drug-likeness (QED) is 0.784. The molecule has 0 spiro atoms. The van der Waals surface area contributed by atoms with Crippen LogP contribution in [0, 0.1) is 0 Å². The maximum absolute atomic E-state index is 11.3. The van der Waals surface area contributed by atoms with Gasteiger partial charge in [0.2, 0.25) is 11.8 Å². The molecule has 1 heterocycles. The van der Waals surface area contributed by atoms with Crippen LogP contribution in [-0.2, 0) is 9.59 Å². The van der Waals surface area contributed by atoms with Gasteiger partial charge in [0.05, 0.1) is 0 Å². The van der Waals surface area contributed by atoms with E-state index in [0.29, 0.717) is 5.75 Å². The minimum Gasteiger partial charge on any atom is -0.465 e. The molecule has 1 aromatic rings. The van der Waals surface area contributed by atoms with Crippen LogP contribution < -0.4 is 9.64 Å². The van der Waals surface area contributed by atoms with Gasteiger partial charge in [-0.15, -0.1) is 0 Å². The first-order chi connectivity index (χ1) is 7.91. The lowest BCUT2D eigenvalue weighted by atomic mass is 10.3. The summed E-state index contributed by atoms with van der Waals surface area (Å²) in [5.41, 5.74) is 0. The van der Waals surface area contributed by atoms with E-state index in [1.807, 2.05) is 0 Å². The van der Waals surface area contributed by atoms with Crippen LogP contribution in [0.4, 0.5) is 5.82 Å². The van der Waals surface area contributed by atoms with Crippen molar-refractivity contribution in [2.45, 2.75) is 27.1 Å². The summed E-state index contributed by atoms with van der Waals surface area (Å²) in [6.45, 7) is 3.99. The summed E-state index contributed by atoms with van der Waals surface area (Å²) in [6, 6.07) is 2.93. The largest absolute Gasteiger partial charge is 0.465 e. The highest BCUT2D eigenvalue weighted by molar-refractivity contribution is 6.12. The molecule has 0 saturated carbocycles. The molecule has 0 bridgehead atoms. The summed E-state index contributed by atoms with van der Waals surface area (Å²) in [5.74, 6) is -0.362. The third-order valence-electron chi connectivity index (χ3n) is 1.88. The lowest BCUT2D eigenvalue weighted by Gasteiger charge is -2.17. The number of amides is 2. The second kappa shape index (κ2) is 5.40. The van der Waals surface area contributed by atoms with Crippen LogP contribution in [0.5, 0.6) is 5.75 Å². The van der Waals surface area contributed by atoms with Gasteiger partial charge in [-0.1, -0.05) is 0 Å². The summed E-state index contributed by atoms with van der Waals surface area (Å²) < 4.78 is 5.03. The number of carbonyl (C=O) groups excluding carboxylic acids is 2. The summed E-state index contributed by atoms with van der Waals surface area (Å²) in [5, 5.41) is 9.06. The van der Waals surface area contributed by atoms with Crippen molar-refractivity contribution < 1.29 is 19.4 Å². The fourth-order valence-electron chi connectivity index (χ4n) is 1.34. The number of rotatable bonds is 3. The minimum atomic E-state index is -0.978. The second-order valence-corrected chi connectivity index (χ2v) is 3.44. The van der Waals surface area contributed by atoms with E-state index >= 15 is 0 Å². The van der Waals surface area contributed by atoms with Crippen molar-refractivity contribution in [1.82, 2.24) is 4.98 Å². The molecule has 0 aliphatic carbocycles. The Kier molecular flexibility index (Phi) is 4.17. The highest BCUT2D eigenvalue weighted by Crippen LogP contribution is 2.19. The van der Waals surface area contributed by atoms with E-state index in [9.17, 15) is 9.59 Å². The summed E-state index contributed by atoms with van der Waals surface area (Å²) in [7, 11) is 0. The van der Waals surface area contributed by atoms with Crippen molar-refractivity contribution in [2.24, 2.45) is 0 Å². The van der Waals surface area contributed by atoms with Gasteiger partial charge in [-0.05, 0) is 13.0 Å². The topological polar surface area (TPSA) is 79.7 Å². The van der Waals surface area contributed by atoms with Crippen LogP contribution in [0.15, 0.2) is 18.3 Å². The first-order valence-electron chi connectivity index (χ1n) is 5.04. The average Bonchev–Trinajstić information content (AvgIpc) is 2.15. The SMILES string of the molecule is CC(=O)N(C(C)=O)c1cc(OC(C)O)ccn1. The lowest BCUT2D eigenvalue weighted by molar-refractivity contribution is -0.124. The molecule has 0 radical (unpaired) electrons. The molecule has 1 N–H and O–H groups in total. The number of aliphatic hydroxyl groups excluding tert-OH is 1. The first kappa shape index (κ1) is 13.1. The van der Waals surface area contributed by atoms with Crippen molar-refractivity contribution in [3.8, 4) is 5.75 Å². The smallest absolute Gasteiger partial charge is 0.231 e. The molecule has 1 aromatic heterocycles. The summed E-state index contributed by atoms with van der Waals surface area (Å²) in [4.78, 5) is 27.4. The van der Waals surface area contributed by atoms with Gasteiger partial charge in [0.15, 0.2) is 6.29 Å². The van der Waals surface area contributed by atoms with E-state index in [1.54, 1.807) is 0 Å². The Balaban J connectivity index is 3.04. The molecular formula is C11H14N2O4. The van der Waals surface area contributed by atoms with Gasteiger partial charge in [-0.2, -0.15) is 0 Å². The summed E-state index contributed by atoms with van der Waals surface area (Å²) in [6.07, 6.45) is 0.416. The van der Waals surface area contributed by atoms with Crippen molar-refractivity contribution >= 4 is 17.6 Å². The van der Waals surface area contributed by atoms with E-state index in [2.05, 4.69) is 4.98 Å². The van der Waals surface area contributed by atoms with Crippen molar-refractivity contribution in [3.05, 3.63) is 18.3 Å². The number of carbonyl (C=O) groups is 2. The Labute approximate surface area is 98.8 Å². The highest BCUT2D eigenvalue weighted by atomic mass is 16.6. The third kappa shape index (κ3) is 3.53. The number of aliphatic hydroxyl groups is 1. The highest BCUT2D eigenvalue weighted by Gasteiger charge is 2.18. The van der Waals surface area contributed by atoms with Gasteiger partial charge in [0, 0.05) is 26.1 Å². The number of hydrogen-bond acceptors (Lipinski definition) is 5. The predicted octanol–water partition coefficient (Wildman–Crippen LogP) is 0.698. The third-order valence-corrected chi connectivity index (χ3v) is 1.88. The molecule has 0 aliphatic heterocycles. The molecular weight excluding hydrogens is 224 g/mol. The number of ether oxygens (including phenoxy) is 1. The first-order valence-corrected chi connectivity index (χ1v) is 5.04. The van der Waals surface area contributed by atoms with E-state index in [1.165, 1.54) is 39.1 Å². The van der Waals surface area contributed by atoms with Gasteiger partial charge in [-0.25, -0.2) is 9.88 Å². The van der Waals surface area contributed by atoms with Crippen LogP contribution in [0.25, 0.3) is 0 Å². The molecule has 0 aromatic carbocycles. The molecule has 6 heteroatoms. The van der Waals surface area contributed by atoms with E-state index < -0.39 is 18.1 Å². The molecule has 0 saturated heterocycles. The van der Waals surface area contributed by atoms with Crippen LogP contribution >= 0.6 is 0 Å². The molecule has 1 atom stereocenters. The Morgan fingerprint density at radius 1 is 1.41 bits per heavy atom. The Hall–Kier alpha value is -1.95. The monoisotopic (exact) mass is 238 g/mol. The van der Waals surface area contributed by atoms with Crippen molar-refractivity contribution in [2.75, 3.05) is 4.90 Å². The Morgan fingerprint density at radius 3 is 2.47 bits per heavy atom. The fourth-order valence-corrected chi connectivity index (χ4v) is 1.34. The molecule has 1 rings (SSSR count). The standard InChI is InChI=1S/C11H14N2O4/c1-7(14)13(8(2)15)11-6-10(4-5-12-11)17-9(3)16/h4-6,9,16H,1-3H3. The van der Waals surface area contributed by atoms with E-state index in [-0.39, 0.29) is 5.82 Å². The summed E-state index contributed by atoms with van der Waals surface area (Å²) >= 11 is 0. The second-order valence-electron chi connectivity index (χ2n) is 3.44. The predicted molar refractivity (Wildman–Crippen MR) is 60.4 cm³/mol.